The van der Waals surface area contributed by atoms with E-state index < -0.39 is 8.07 Å². The fourth-order valence-electron chi connectivity index (χ4n) is 4.30. The van der Waals surface area contributed by atoms with Crippen molar-refractivity contribution in [2.45, 2.75) is 32.1 Å². The molecule has 0 amide bonds. The van der Waals surface area contributed by atoms with Crippen LogP contribution in [-0.4, -0.2) is 32.3 Å². The van der Waals surface area contributed by atoms with Crippen LogP contribution in [0.3, 0.4) is 0 Å². The monoisotopic (exact) mass is 437 g/mol. The number of rotatable bonds is 3. The van der Waals surface area contributed by atoms with Gasteiger partial charge < -0.3 is 28.5 Å². The highest BCUT2D eigenvalue weighted by atomic mass is 127. The van der Waals surface area contributed by atoms with Crippen molar-refractivity contribution in [3.8, 4) is 0 Å². The van der Waals surface area contributed by atoms with E-state index in [2.05, 4.69) is 81.3 Å². The van der Waals surface area contributed by atoms with Crippen molar-refractivity contribution in [3.63, 3.8) is 0 Å². The van der Waals surface area contributed by atoms with E-state index in [9.17, 15) is 0 Å². The molecule has 1 nitrogen and oxygen atoms in total. The summed E-state index contributed by atoms with van der Waals surface area (Å²) in [5.41, 5.74) is 4.55. The summed E-state index contributed by atoms with van der Waals surface area (Å²) < 4.78 is 1.16. The third-order valence-electron chi connectivity index (χ3n) is 4.82. The predicted octanol–water partition coefficient (Wildman–Crippen LogP) is 1.66. The van der Waals surface area contributed by atoms with E-state index in [0.29, 0.717) is 6.04 Å². The number of halogens is 1. The van der Waals surface area contributed by atoms with Gasteiger partial charge in [-0.1, -0.05) is 74.2 Å². The summed E-state index contributed by atoms with van der Waals surface area (Å²) in [5, 5.41) is 0. The molecule has 1 aliphatic rings. The Hall–Kier alpha value is -0.653. The third kappa shape index (κ3) is 4.06. The maximum absolute atomic E-state index is 2.50. The summed E-state index contributed by atoms with van der Waals surface area (Å²) in [6.45, 7) is 8.75. The first-order valence-corrected chi connectivity index (χ1v) is 12.1. The highest BCUT2D eigenvalue weighted by Crippen LogP contribution is 2.40. The Balaban J connectivity index is 0.00000192. The van der Waals surface area contributed by atoms with Gasteiger partial charge in [0.25, 0.3) is 0 Å². The summed E-state index contributed by atoms with van der Waals surface area (Å²) >= 11 is 0. The van der Waals surface area contributed by atoms with Gasteiger partial charge in [0, 0.05) is 17.5 Å². The zero-order valence-corrected chi connectivity index (χ0v) is 17.9. The van der Waals surface area contributed by atoms with Gasteiger partial charge in [-0.25, -0.2) is 0 Å². The van der Waals surface area contributed by atoms with E-state index in [4.69, 9.17) is 0 Å². The molecule has 0 saturated heterocycles. The van der Waals surface area contributed by atoms with Crippen LogP contribution in [0.25, 0.3) is 0 Å². The van der Waals surface area contributed by atoms with E-state index in [1.807, 2.05) is 0 Å². The lowest BCUT2D eigenvalue weighted by molar-refractivity contribution is -0.926. The van der Waals surface area contributed by atoms with Crippen LogP contribution in [0.5, 0.6) is 0 Å². The second-order valence-electron chi connectivity index (χ2n) is 8.18. The van der Waals surface area contributed by atoms with Crippen LogP contribution >= 0.6 is 0 Å². The maximum atomic E-state index is 2.50. The smallest absolute Gasteiger partial charge is 0.140 e. The third-order valence-corrected chi connectivity index (χ3v) is 6.49. The summed E-state index contributed by atoms with van der Waals surface area (Å²) in [7, 11) is 1.34. The van der Waals surface area contributed by atoms with Crippen molar-refractivity contribution >= 4 is 8.07 Å². The van der Waals surface area contributed by atoms with Gasteiger partial charge in [0.05, 0.1) is 19.8 Å². The minimum Gasteiger partial charge on any atom is -1.00 e. The van der Waals surface area contributed by atoms with Gasteiger partial charge in [0.1, 0.15) is 14.1 Å². The summed E-state index contributed by atoms with van der Waals surface area (Å²) in [5.74, 6) is 0. The van der Waals surface area contributed by atoms with E-state index in [1.165, 1.54) is 24.7 Å². The standard InChI is InChI=1S/C20H28NSi.HI/c1-21(16-22(2,3)4)15-14-17-10-8-9-13-19(17)20(21)18-11-6-5-7-12-18;/h5-13,20H,14-16H2,1-4H3;1H/q+1;/p-1/t20-,21+;/m0./s1. The Labute approximate surface area is 159 Å². The number of quaternary nitrogens is 1. The summed E-state index contributed by atoms with van der Waals surface area (Å²) in [6, 6.07) is 20.7. The topological polar surface area (TPSA) is 0 Å². The molecule has 0 aromatic heterocycles. The lowest BCUT2D eigenvalue weighted by Gasteiger charge is -2.48. The molecule has 0 fully saturated rings. The fraction of sp³-hybridized carbons (Fsp3) is 0.400. The number of likely N-dealkylation sites (N-methyl/N-ethyl adjacent to an activating group) is 1. The molecule has 1 heterocycles. The Morgan fingerprint density at radius 3 is 2.22 bits per heavy atom. The quantitative estimate of drug-likeness (QED) is 0.389. The molecule has 0 aliphatic carbocycles. The maximum Gasteiger partial charge on any atom is 0.140 e. The van der Waals surface area contributed by atoms with Crippen LogP contribution in [0.4, 0.5) is 0 Å². The molecule has 2 aromatic carbocycles. The molecule has 0 unspecified atom stereocenters. The van der Waals surface area contributed by atoms with Gasteiger partial charge >= 0.3 is 0 Å². The van der Waals surface area contributed by atoms with Gasteiger partial charge in [-0.3, -0.25) is 0 Å². The average molecular weight is 437 g/mol. The molecule has 3 heteroatoms. The van der Waals surface area contributed by atoms with E-state index in [-0.39, 0.29) is 24.0 Å². The summed E-state index contributed by atoms with van der Waals surface area (Å²) in [4.78, 5) is 0. The molecule has 1 aliphatic heterocycles. The molecule has 0 N–H and O–H groups in total. The number of fused-ring (bicyclic) bond motifs is 1. The van der Waals surface area contributed by atoms with Crippen molar-refractivity contribution < 1.29 is 28.5 Å². The van der Waals surface area contributed by atoms with Crippen LogP contribution in [0, 0.1) is 0 Å². The first-order chi connectivity index (χ1) is 10.4. The first kappa shape index (κ1) is 18.7. The average Bonchev–Trinajstić information content (AvgIpc) is 2.46. The van der Waals surface area contributed by atoms with Crippen LogP contribution in [0.15, 0.2) is 54.6 Å². The number of hydrogen-bond donors (Lipinski definition) is 0. The van der Waals surface area contributed by atoms with E-state index in [1.54, 1.807) is 11.1 Å². The molecule has 0 bridgehead atoms. The Morgan fingerprint density at radius 1 is 0.957 bits per heavy atom. The van der Waals surface area contributed by atoms with Crippen LogP contribution < -0.4 is 24.0 Å². The van der Waals surface area contributed by atoms with Crippen molar-refractivity contribution in [2.75, 3.05) is 19.8 Å². The molecule has 0 radical (unpaired) electrons. The molecule has 0 spiro atoms. The molecule has 3 rings (SSSR count). The van der Waals surface area contributed by atoms with E-state index in [0.717, 1.165) is 4.48 Å². The second-order valence-corrected chi connectivity index (χ2v) is 13.6. The Morgan fingerprint density at radius 2 is 1.57 bits per heavy atom. The minimum absolute atomic E-state index is 0. The Bertz CT molecular complexity index is 650. The summed E-state index contributed by atoms with van der Waals surface area (Å²) in [6.07, 6.45) is 2.54. The van der Waals surface area contributed by atoms with Gasteiger partial charge in [-0.2, -0.15) is 0 Å². The van der Waals surface area contributed by atoms with Gasteiger partial charge in [-0.15, -0.1) is 0 Å². The van der Waals surface area contributed by atoms with Gasteiger partial charge in [0.15, 0.2) is 0 Å². The van der Waals surface area contributed by atoms with Crippen LogP contribution in [-0.2, 0) is 6.42 Å². The molecule has 23 heavy (non-hydrogen) atoms. The largest absolute Gasteiger partial charge is 1.00 e. The van der Waals surface area contributed by atoms with Crippen molar-refractivity contribution in [1.82, 2.24) is 0 Å². The number of hydrogen-bond acceptors (Lipinski definition) is 0. The lowest BCUT2D eigenvalue weighted by Crippen LogP contribution is -3.00. The SMILES string of the molecule is C[N@+]1(C[Si](C)(C)C)CCc2ccccc2[C@@H]1c1ccccc1.[I-]. The van der Waals surface area contributed by atoms with Crippen molar-refractivity contribution in [3.05, 3.63) is 71.3 Å². The van der Waals surface area contributed by atoms with Crippen LogP contribution in [0.2, 0.25) is 19.6 Å². The highest BCUT2D eigenvalue weighted by molar-refractivity contribution is 6.76. The first-order valence-electron chi connectivity index (χ1n) is 8.36. The molecular formula is C20H28INSi. The van der Waals surface area contributed by atoms with Gasteiger partial charge in [0.2, 0.25) is 0 Å². The zero-order valence-electron chi connectivity index (χ0n) is 14.7. The van der Waals surface area contributed by atoms with E-state index >= 15 is 0 Å². The number of benzene rings is 2. The Kier molecular flexibility index (Phi) is 5.75. The predicted molar refractivity (Wildman–Crippen MR) is 97.7 cm³/mol. The lowest BCUT2D eigenvalue weighted by atomic mass is 9.87. The van der Waals surface area contributed by atoms with Crippen molar-refractivity contribution in [2.24, 2.45) is 0 Å². The zero-order chi connectivity index (χ0) is 15.8. The molecule has 2 aromatic rings. The molecule has 2 atom stereocenters. The van der Waals surface area contributed by atoms with Gasteiger partial charge in [-0.05, 0) is 5.56 Å². The number of nitrogens with zero attached hydrogens (tertiary/aromatic N) is 1. The normalized spacial score (nSPS) is 23.7. The minimum atomic E-state index is -1.14. The molecular weight excluding hydrogens is 409 g/mol. The molecule has 0 saturated carbocycles. The highest BCUT2D eigenvalue weighted by Gasteiger charge is 2.42. The second kappa shape index (κ2) is 7.07. The fourth-order valence-corrected chi connectivity index (χ4v) is 6.81. The molecule has 124 valence electrons. The van der Waals surface area contributed by atoms with Crippen LogP contribution in [0.1, 0.15) is 22.7 Å². The van der Waals surface area contributed by atoms with Crippen molar-refractivity contribution in [1.29, 1.82) is 0 Å².